The van der Waals surface area contributed by atoms with Crippen LogP contribution >= 0.6 is 0 Å². The van der Waals surface area contributed by atoms with Gasteiger partial charge < -0.3 is 15.3 Å². The highest BCUT2D eigenvalue weighted by Gasteiger charge is 2.19. The first-order chi connectivity index (χ1) is 11.2. The number of carbonyl (C=O) groups is 1. The fourth-order valence-corrected chi connectivity index (χ4v) is 3.35. The van der Waals surface area contributed by atoms with Gasteiger partial charge in [0, 0.05) is 19.6 Å². The molecule has 1 aromatic heterocycles. The predicted octanol–water partition coefficient (Wildman–Crippen LogP) is 1.47. The molecule has 2 fully saturated rings. The molecular weight excluding hydrogens is 292 g/mol. The monoisotopic (exact) mass is 318 g/mol. The number of aliphatic hydroxyl groups excluding tert-OH is 1. The molecule has 3 heterocycles. The minimum atomic E-state index is -0.304. The summed E-state index contributed by atoms with van der Waals surface area (Å²) in [6.07, 6.45) is 6.95. The van der Waals surface area contributed by atoms with Crippen LogP contribution in [0.25, 0.3) is 0 Å². The van der Waals surface area contributed by atoms with Crippen LogP contribution in [-0.2, 0) is 4.79 Å². The van der Waals surface area contributed by atoms with Crippen LogP contribution < -0.4 is 10.2 Å². The molecule has 6 heteroatoms. The van der Waals surface area contributed by atoms with Gasteiger partial charge in [-0.2, -0.15) is 0 Å². The molecule has 2 N–H and O–H groups in total. The van der Waals surface area contributed by atoms with Gasteiger partial charge in [0.2, 0.25) is 5.91 Å². The number of aliphatic hydroxyl groups is 1. The molecule has 1 atom stereocenters. The maximum atomic E-state index is 12.1. The summed E-state index contributed by atoms with van der Waals surface area (Å²) in [4.78, 5) is 20.9. The number of pyridine rings is 1. The number of hydrogen-bond donors (Lipinski definition) is 2. The number of hydrogen-bond acceptors (Lipinski definition) is 5. The van der Waals surface area contributed by atoms with Crippen molar-refractivity contribution in [3.05, 3.63) is 18.3 Å². The van der Waals surface area contributed by atoms with Crippen LogP contribution in [0.15, 0.2) is 18.3 Å². The van der Waals surface area contributed by atoms with Crippen molar-refractivity contribution in [3.63, 3.8) is 0 Å². The van der Waals surface area contributed by atoms with E-state index in [4.69, 9.17) is 0 Å². The van der Waals surface area contributed by atoms with Crippen molar-refractivity contribution in [1.29, 1.82) is 0 Å². The average molecular weight is 318 g/mol. The fraction of sp³-hybridized carbons (Fsp3) is 0.647. The molecule has 1 aromatic rings. The third kappa shape index (κ3) is 4.65. The Labute approximate surface area is 137 Å². The molecule has 1 amide bonds. The average Bonchev–Trinajstić information content (AvgIpc) is 2.56. The summed E-state index contributed by atoms with van der Waals surface area (Å²) < 4.78 is 0. The summed E-state index contributed by atoms with van der Waals surface area (Å²) in [6, 6.07) is 3.89. The number of nitrogens with zero attached hydrogens (tertiary/aromatic N) is 3. The number of amides is 1. The van der Waals surface area contributed by atoms with Gasteiger partial charge in [-0.3, -0.25) is 9.69 Å². The van der Waals surface area contributed by atoms with E-state index < -0.39 is 0 Å². The molecule has 23 heavy (non-hydrogen) atoms. The number of aromatic nitrogens is 1. The highest BCUT2D eigenvalue weighted by Crippen LogP contribution is 2.19. The number of nitrogens with one attached hydrogen (secondary N) is 1. The third-order valence-electron chi connectivity index (χ3n) is 4.56. The van der Waals surface area contributed by atoms with Gasteiger partial charge >= 0.3 is 0 Å². The molecule has 3 rings (SSSR count). The molecule has 6 nitrogen and oxygen atoms in total. The number of carbonyl (C=O) groups excluding carboxylic acids is 1. The Bertz CT molecular complexity index is 514. The van der Waals surface area contributed by atoms with E-state index in [1.165, 1.54) is 19.3 Å². The second kappa shape index (κ2) is 7.75. The van der Waals surface area contributed by atoms with Crippen LogP contribution in [0.1, 0.15) is 32.1 Å². The molecule has 0 spiro atoms. The van der Waals surface area contributed by atoms with Crippen LogP contribution in [0, 0.1) is 0 Å². The van der Waals surface area contributed by atoms with Crippen molar-refractivity contribution in [2.75, 3.05) is 42.9 Å². The molecule has 126 valence electrons. The zero-order valence-corrected chi connectivity index (χ0v) is 13.6. The highest BCUT2D eigenvalue weighted by molar-refractivity contribution is 5.92. The van der Waals surface area contributed by atoms with Crippen LogP contribution in [0.5, 0.6) is 0 Å². The number of β-amino-alcohol motifs (C(OH)–C–C–N with tert-alkyl or cyclic N) is 1. The van der Waals surface area contributed by atoms with Gasteiger partial charge in [-0.15, -0.1) is 0 Å². The van der Waals surface area contributed by atoms with Crippen LogP contribution in [0.3, 0.4) is 0 Å². The molecule has 0 aromatic carbocycles. The Balaban J connectivity index is 1.50. The Kier molecular flexibility index (Phi) is 5.46. The van der Waals surface area contributed by atoms with Crippen LogP contribution in [0.4, 0.5) is 11.5 Å². The molecule has 0 aliphatic carbocycles. The fourth-order valence-electron chi connectivity index (χ4n) is 3.35. The van der Waals surface area contributed by atoms with Crippen molar-refractivity contribution in [2.45, 2.75) is 38.2 Å². The van der Waals surface area contributed by atoms with Crippen molar-refractivity contribution >= 4 is 17.4 Å². The molecule has 1 unspecified atom stereocenters. The first-order valence-corrected chi connectivity index (χ1v) is 8.62. The summed E-state index contributed by atoms with van der Waals surface area (Å²) in [5.74, 6) is 0.938. The highest BCUT2D eigenvalue weighted by atomic mass is 16.3. The summed E-state index contributed by atoms with van der Waals surface area (Å²) in [5, 5.41) is 12.5. The topological polar surface area (TPSA) is 68.7 Å². The van der Waals surface area contributed by atoms with E-state index in [9.17, 15) is 9.90 Å². The van der Waals surface area contributed by atoms with E-state index in [-0.39, 0.29) is 12.0 Å². The Morgan fingerprint density at radius 3 is 2.74 bits per heavy atom. The van der Waals surface area contributed by atoms with E-state index in [2.05, 4.69) is 15.2 Å². The van der Waals surface area contributed by atoms with E-state index in [1.807, 2.05) is 17.0 Å². The number of piperidine rings is 2. The molecule has 0 radical (unpaired) electrons. The molecule has 2 aliphatic heterocycles. The largest absolute Gasteiger partial charge is 0.392 e. The minimum Gasteiger partial charge on any atom is -0.392 e. The quantitative estimate of drug-likeness (QED) is 0.880. The van der Waals surface area contributed by atoms with Crippen molar-refractivity contribution in [3.8, 4) is 0 Å². The minimum absolute atomic E-state index is 0.0494. The first-order valence-electron chi connectivity index (χ1n) is 8.62. The van der Waals surface area contributed by atoms with Gasteiger partial charge in [0.05, 0.1) is 24.5 Å². The van der Waals surface area contributed by atoms with Gasteiger partial charge in [0.25, 0.3) is 0 Å². The number of rotatable bonds is 4. The number of anilines is 2. The van der Waals surface area contributed by atoms with Crippen molar-refractivity contribution in [1.82, 2.24) is 9.88 Å². The molecule has 2 saturated heterocycles. The summed E-state index contributed by atoms with van der Waals surface area (Å²) in [5.41, 5.74) is 0.730. The van der Waals surface area contributed by atoms with Gasteiger partial charge in [-0.05, 0) is 50.8 Å². The molecule has 0 bridgehead atoms. The van der Waals surface area contributed by atoms with Crippen LogP contribution in [0.2, 0.25) is 0 Å². The standard InChI is InChI=1S/C17H26N4O2/c22-15-5-4-8-20(12-15)13-17(23)19-14-6-7-16(18-11-14)21-9-2-1-3-10-21/h6-7,11,15,22H,1-5,8-10,12-13H2,(H,19,23). The van der Waals surface area contributed by atoms with Gasteiger partial charge in [0.15, 0.2) is 0 Å². The maximum absolute atomic E-state index is 12.1. The lowest BCUT2D eigenvalue weighted by Gasteiger charge is -2.29. The van der Waals surface area contributed by atoms with Crippen LogP contribution in [-0.4, -0.2) is 59.7 Å². The molecule has 2 aliphatic rings. The van der Waals surface area contributed by atoms with Crippen molar-refractivity contribution in [2.24, 2.45) is 0 Å². The van der Waals surface area contributed by atoms with Crippen molar-refractivity contribution < 1.29 is 9.90 Å². The van der Waals surface area contributed by atoms with Gasteiger partial charge in [-0.25, -0.2) is 4.98 Å². The SMILES string of the molecule is O=C(CN1CCCC(O)C1)Nc1ccc(N2CCCCC2)nc1. The Morgan fingerprint density at radius 2 is 2.04 bits per heavy atom. The van der Waals surface area contributed by atoms with E-state index >= 15 is 0 Å². The summed E-state index contributed by atoms with van der Waals surface area (Å²) in [7, 11) is 0. The normalized spacial score (nSPS) is 22.8. The maximum Gasteiger partial charge on any atom is 0.238 e. The predicted molar refractivity (Wildman–Crippen MR) is 90.6 cm³/mol. The summed E-state index contributed by atoms with van der Waals surface area (Å²) >= 11 is 0. The lowest BCUT2D eigenvalue weighted by molar-refractivity contribution is -0.118. The Morgan fingerprint density at radius 1 is 1.22 bits per heavy atom. The van der Waals surface area contributed by atoms with E-state index in [0.717, 1.165) is 44.0 Å². The smallest absolute Gasteiger partial charge is 0.238 e. The zero-order chi connectivity index (χ0) is 16.1. The second-order valence-electron chi connectivity index (χ2n) is 6.53. The molecular formula is C17H26N4O2. The second-order valence-corrected chi connectivity index (χ2v) is 6.53. The van der Waals surface area contributed by atoms with E-state index in [1.54, 1.807) is 6.20 Å². The van der Waals surface area contributed by atoms with Gasteiger partial charge in [0.1, 0.15) is 5.82 Å². The lowest BCUT2D eigenvalue weighted by atomic mass is 10.1. The van der Waals surface area contributed by atoms with E-state index in [0.29, 0.717) is 13.1 Å². The third-order valence-corrected chi connectivity index (χ3v) is 4.56. The first kappa shape index (κ1) is 16.2. The lowest BCUT2D eigenvalue weighted by Crippen LogP contribution is -2.42. The molecule has 0 saturated carbocycles. The zero-order valence-electron chi connectivity index (χ0n) is 13.6. The summed E-state index contributed by atoms with van der Waals surface area (Å²) in [6.45, 7) is 3.91. The number of likely N-dealkylation sites (tertiary alicyclic amines) is 1. The Hall–Kier alpha value is -1.66. The van der Waals surface area contributed by atoms with Gasteiger partial charge in [-0.1, -0.05) is 0 Å².